The van der Waals surface area contributed by atoms with E-state index in [1.54, 1.807) is 24.4 Å². The van der Waals surface area contributed by atoms with E-state index >= 15 is 0 Å². The summed E-state index contributed by atoms with van der Waals surface area (Å²) in [6, 6.07) is 6.21. The first kappa shape index (κ1) is 12.1. The number of nitrogens with one attached hydrogen (secondary N) is 2. The molecular formula is C12H16N2O2. The number of allylic oxidation sites excluding steroid dienone is 1. The van der Waals surface area contributed by atoms with Crippen molar-refractivity contribution in [2.45, 2.75) is 20.3 Å². The van der Waals surface area contributed by atoms with Crippen LogP contribution in [0.3, 0.4) is 0 Å². The van der Waals surface area contributed by atoms with Crippen molar-refractivity contribution in [3.8, 4) is 5.75 Å². The van der Waals surface area contributed by atoms with Crippen LogP contribution in [-0.2, 0) is 0 Å². The molecule has 1 rings (SSSR count). The molecule has 1 aromatic carbocycles. The minimum absolute atomic E-state index is 0.0499. The third-order valence-corrected chi connectivity index (χ3v) is 2.16. The van der Waals surface area contributed by atoms with Gasteiger partial charge in [0.25, 0.3) is 0 Å². The van der Waals surface area contributed by atoms with Crippen molar-refractivity contribution in [3.05, 3.63) is 36.0 Å². The molecule has 1 aromatic rings. The molecule has 2 amide bonds. The number of benzene rings is 1. The van der Waals surface area contributed by atoms with E-state index in [0.717, 1.165) is 12.0 Å². The van der Waals surface area contributed by atoms with Crippen molar-refractivity contribution in [1.29, 1.82) is 0 Å². The van der Waals surface area contributed by atoms with Crippen LogP contribution in [0.4, 0.5) is 10.5 Å². The zero-order valence-electron chi connectivity index (χ0n) is 9.45. The second-order valence-electron chi connectivity index (χ2n) is 3.46. The molecule has 0 radical (unpaired) electrons. The first-order valence-corrected chi connectivity index (χ1v) is 5.14. The standard InChI is InChI=1S/C12H16N2O2/c1-3-9(2)8-13-12(16)14-10-6-4-5-7-11(10)15/h4-8,15H,3H2,1-2H3,(H2,13,14,16)/b9-8+. The summed E-state index contributed by atoms with van der Waals surface area (Å²) >= 11 is 0. The Kier molecular flexibility index (Phi) is 4.39. The van der Waals surface area contributed by atoms with Gasteiger partial charge in [0.1, 0.15) is 5.75 Å². The molecular weight excluding hydrogens is 204 g/mol. The van der Waals surface area contributed by atoms with Gasteiger partial charge in [0, 0.05) is 6.20 Å². The van der Waals surface area contributed by atoms with Gasteiger partial charge in [-0.05, 0) is 25.5 Å². The van der Waals surface area contributed by atoms with Crippen molar-refractivity contribution in [3.63, 3.8) is 0 Å². The molecule has 4 nitrogen and oxygen atoms in total. The summed E-state index contributed by atoms with van der Waals surface area (Å²) in [7, 11) is 0. The predicted octanol–water partition coefficient (Wildman–Crippen LogP) is 2.83. The zero-order chi connectivity index (χ0) is 12.0. The molecule has 0 heterocycles. The molecule has 0 aliphatic heterocycles. The Morgan fingerprint density at radius 1 is 1.44 bits per heavy atom. The van der Waals surface area contributed by atoms with Crippen LogP contribution in [0.5, 0.6) is 5.75 Å². The average molecular weight is 220 g/mol. The van der Waals surface area contributed by atoms with E-state index in [1.165, 1.54) is 6.07 Å². The fourth-order valence-corrected chi connectivity index (χ4v) is 1.03. The number of anilines is 1. The van der Waals surface area contributed by atoms with Crippen molar-refractivity contribution in [2.75, 3.05) is 5.32 Å². The lowest BCUT2D eigenvalue weighted by atomic mass is 10.2. The van der Waals surface area contributed by atoms with Crippen LogP contribution in [0.2, 0.25) is 0 Å². The van der Waals surface area contributed by atoms with Gasteiger partial charge in [0.2, 0.25) is 0 Å². The quantitative estimate of drug-likeness (QED) is 0.686. The molecule has 0 aliphatic carbocycles. The van der Waals surface area contributed by atoms with Gasteiger partial charge in [-0.15, -0.1) is 0 Å². The second kappa shape index (κ2) is 5.80. The SMILES string of the molecule is CC/C(C)=C/NC(=O)Nc1ccccc1O. The monoisotopic (exact) mass is 220 g/mol. The molecule has 0 unspecified atom stereocenters. The number of phenols is 1. The number of hydrogen-bond donors (Lipinski definition) is 3. The summed E-state index contributed by atoms with van der Waals surface area (Å²) in [5, 5.41) is 14.6. The third kappa shape index (κ3) is 3.65. The molecule has 0 fully saturated rings. The van der Waals surface area contributed by atoms with E-state index in [0.29, 0.717) is 5.69 Å². The van der Waals surface area contributed by atoms with Crippen LogP contribution in [0.1, 0.15) is 20.3 Å². The van der Waals surface area contributed by atoms with Crippen molar-refractivity contribution in [2.24, 2.45) is 0 Å². The maximum atomic E-state index is 11.4. The van der Waals surface area contributed by atoms with Crippen LogP contribution >= 0.6 is 0 Å². The molecule has 0 bridgehead atoms. The van der Waals surface area contributed by atoms with E-state index in [2.05, 4.69) is 10.6 Å². The number of carbonyl (C=O) groups excluding carboxylic acids is 1. The number of para-hydroxylation sites is 2. The van der Waals surface area contributed by atoms with Crippen LogP contribution in [0.15, 0.2) is 36.0 Å². The number of carbonyl (C=O) groups is 1. The highest BCUT2D eigenvalue weighted by molar-refractivity contribution is 5.91. The smallest absolute Gasteiger partial charge is 0.323 e. The number of hydrogen-bond acceptors (Lipinski definition) is 2. The van der Waals surface area contributed by atoms with Gasteiger partial charge >= 0.3 is 6.03 Å². The van der Waals surface area contributed by atoms with Gasteiger partial charge in [0.15, 0.2) is 0 Å². The largest absolute Gasteiger partial charge is 0.506 e. The van der Waals surface area contributed by atoms with Gasteiger partial charge in [-0.2, -0.15) is 0 Å². The summed E-state index contributed by atoms with van der Waals surface area (Å²) in [4.78, 5) is 11.4. The van der Waals surface area contributed by atoms with Crippen LogP contribution in [0.25, 0.3) is 0 Å². The molecule has 0 saturated heterocycles. The molecule has 86 valence electrons. The van der Waals surface area contributed by atoms with E-state index in [-0.39, 0.29) is 11.8 Å². The van der Waals surface area contributed by atoms with Gasteiger partial charge < -0.3 is 15.7 Å². The number of phenolic OH excluding ortho intramolecular Hbond substituents is 1. The summed E-state index contributed by atoms with van der Waals surface area (Å²) in [6.45, 7) is 3.94. The molecule has 0 spiro atoms. The van der Waals surface area contributed by atoms with E-state index in [9.17, 15) is 9.90 Å². The highest BCUT2D eigenvalue weighted by atomic mass is 16.3. The summed E-state index contributed by atoms with van der Waals surface area (Å²) < 4.78 is 0. The molecule has 0 aliphatic rings. The maximum Gasteiger partial charge on any atom is 0.323 e. The number of urea groups is 1. The lowest BCUT2D eigenvalue weighted by molar-refractivity contribution is 0.255. The third-order valence-electron chi connectivity index (χ3n) is 2.16. The summed E-state index contributed by atoms with van der Waals surface area (Å²) in [6.07, 6.45) is 2.53. The maximum absolute atomic E-state index is 11.4. The Balaban J connectivity index is 2.56. The van der Waals surface area contributed by atoms with Crippen molar-refractivity contribution < 1.29 is 9.90 Å². The van der Waals surface area contributed by atoms with Gasteiger partial charge in [-0.3, -0.25) is 0 Å². The Bertz CT molecular complexity index is 400. The van der Waals surface area contributed by atoms with Crippen molar-refractivity contribution in [1.82, 2.24) is 5.32 Å². The zero-order valence-corrected chi connectivity index (χ0v) is 9.45. The molecule has 0 aromatic heterocycles. The second-order valence-corrected chi connectivity index (χ2v) is 3.46. The lowest BCUT2D eigenvalue weighted by Crippen LogP contribution is -2.24. The molecule has 4 heteroatoms. The fourth-order valence-electron chi connectivity index (χ4n) is 1.03. The lowest BCUT2D eigenvalue weighted by Gasteiger charge is -2.06. The van der Waals surface area contributed by atoms with Crippen molar-refractivity contribution >= 4 is 11.7 Å². The van der Waals surface area contributed by atoms with E-state index in [4.69, 9.17) is 0 Å². The Hall–Kier alpha value is -1.97. The first-order valence-electron chi connectivity index (χ1n) is 5.14. The summed E-state index contributed by atoms with van der Waals surface area (Å²) in [5.41, 5.74) is 1.47. The molecule has 3 N–H and O–H groups in total. The Morgan fingerprint density at radius 2 is 2.12 bits per heavy atom. The van der Waals surface area contributed by atoms with E-state index in [1.807, 2.05) is 13.8 Å². The molecule has 0 saturated carbocycles. The van der Waals surface area contributed by atoms with Crippen LogP contribution in [0, 0.1) is 0 Å². The first-order chi connectivity index (χ1) is 7.63. The Labute approximate surface area is 95.0 Å². The topological polar surface area (TPSA) is 61.4 Å². The molecule has 16 heavy (non-hydrogen) atoms. The minimum atomic E-state index is -0.366. The number of rotatable bonds is 3. The molecule has 0 atom stereocenters. The van der Waals surface area contributed by atoms with Crippen LogP contribution in [-0.4, -0.2) is 11.1 Å². The normalized spacial score (nSPS) is 11.0. The number of aromatic hydroxyl groups is 1. The fraction of sp³-hybridized carbons (Fsp3) is 0.250. The van der Waals surface area contributed by atoms with Gasteiger partial charge in [0.05, 0.1) is 5.69 Å². The van der Waals surface area contributed by atoms with Crippen LogP contribution < -0.4 is 10.6 Å². The highest BCUT2D eigenvalue weighted by Gasteiger charge is 2.03. The van der Waals surface area contributed by atoms with Gasteiger partial charge in [-0.25, -0.2) is 4.79 Å². The highest BCUT2D eigenvalue weighted by Crippen LogP contribution is 2.20. The van der Waals surface area contributed by atoms with Gasteiger partial charge in [-0.1, -0.05) is 24.6 Å². The average Bonchev–Trinajstić information content (AvgIpc) is 2.29. The predicted molar refractivity (Wildman–Crippen MR) is 64.3 cm³/mol. The number of amides is 2. The minimum Gasteiger partial charge on any atom is -0.506 e. The summed E-state index contributed by atoms with van der Waals surface area (Å²) in [5.74, 6) is 0.0499. The van der Waals surface area contributed by atoms with E-state index < -0.39 is 0 Å². The Morgan fingerprint density at radius 3 is 2.75 bits per heavy atom.